The molecule has 2 N–H and O–H groups in total. The number of benzene rings is 1. The van der Waals surface area contributed by atoms with Gasteiger partial charge in [-0.1, -0.05) is 0 Å². The van der Waals surface area contributed by atoms with Crippen molar-refractivity contribution in [3.05, 3.63) is 29.1 Å². The minimum Gasteiger partial charge on any atom is -0.486 e. The Morgan fingerprint density at radius 1 is 1.35 bits per heavy atom. The van der Waals surface area contributed by atoms with Gasteiger partial charge in [0.15, 0.2) is 11.6 Å². The molecule has 1 atom stereocenters. The highest BCUT2D eigenvalue weighted by Gasteiger charge is 2.31. The maximum absolute atomic E-state index is 14.2. The van der Waals surface area contributed by atoms with E-state index in [9.17, 15) is 9.18 Å². The van der Waals surface area contributed by atoms with Crippen molar-refractivity contribution in [2.24, 2.45) is 0 Å². The molecule has 0 bridgehead atoms. The van der Waals surface area contributed by atoms with Crippen molar-refractivity contribution in [1.82, 2.24) is 5.32 Å². The lowest BCUT2D eigenvalue weighted by Gasteiger charge is -2.25. The third-order valence-corrected chi connectivity index (χ3v) is 3.87. The van der Waals surface area contributed by atoms with Gasteiger partial charge in [0.2, 0.25) is 0 Å². The van der Waals surface area contributed by atoms with E-state index < -0.39 is 11.8 Å². The Morgan fingerprint density at radius 2 is 2.15 bits per heavy atom. The van der Waals surface area contributed by atoms with Gasteiger partial charge in [-0.15, -0.1) is 0 Å². The van der Waals surface area contributed by atoms with Crippen molar-refractivity contribution >= 4 is 5.97 Å². The Labute approximate surface area is 116 Å². The Morgan fingerprint density at radius 3 is 2.75 bits per heavy atom. The van der Waals surface area contributed by atoms with Crippen molar-refractivity contribution < 1.29 is 19.0 Å². The lowest BCUT2D eigenvalue weighted by molar-refractivity contribution is 0.0696. The first-order valence-corrected chi connectivity index (χ1v) is 7.09. The highest BCUT2D eigenvalue weighted by molar-refractivity contribution is 5.88. The number of hydrogen-bond donors (Lipinski definition) is 2. The average molecular weight is 279 g/mol. The summed E-state index contributed by atoms with van der Waals surface area (Å²) in [5, 5.41) is 12.3. The van der Waals surface area contributed by atoms with E-state index in [4.69, 9.17) is 9.84 Å². The SMILES string of the molecule is O=C(O)c1cc(F)c(O[C@@H]2CCCNC2)c(C2CC2)c1. The van der Waals surface area contributed by atoms with Crippen LogP contribution in [0.2, 0.25) is 0 Å². The third-order valence-electron chi connectivity index (χ3n) is 3.87. The Kier molecular flexibility index (Phi) is 3.61. The maximum atomic E-state index is 14.2. The molecule has 0 radical (unpaired) electrons. The van der Waals surface area contributed by atoms with Gasteiger partial charge in [0, 0.05) is 12.1 Å². The number of nitrogens with one attached hydrogen (secondary N) is 1. The molecule has 5 heteroatoms. The van der Waals surface area contributed by atoms with Crippen LogP contribution in [0.1, 0.15) is 47.5 Å². The van der Waals surface area contributed by atoms with Crippen LogP contribution in [0.25, 0.3) is 0 Å². The minimum absolute atomic E-state index is 0.00137. The van der Waals surface area contributed by atoms with Crippen LogP contribution in [0, 0.1) is 5.82 Å². The van der Waals surface area contributed by atoms with E-state index in [2.05, 4.69) is 5.32 Å². The van der Waals surface area contributed by atoms with E-state index in [1.54, 1.807) is 6.07 Å². The van der Waals surface area contributed by atoms with Gasteiger partial charge in [0.05, 0.1) is 5.56 Å². The van der Waals surface area contributed by atoms with E-state index in [0.717, 1.165) is 38.3 Å². The number of carboxylic acids is 1. The maximum Gasteiger partial charge on any atom is 0.335 e. The van der Waals surface area contributed by atoms with Crippen LogP contribution in [0.5, 0.6) is 5.75 Å². The van der Waals surface area contributed by atoms with E-state index >= 15 is 0 Å². The summed E-state index contributed by atoms with van der Waals surface area (Å²) >= 11 is 0. The summed E-state index contributed by atoms with van der Waals surface area (Å²) < 4.78 is 20.0. The first-order valence-electron chi connectivity index (χ1n) is 7.09. The van der Waals surface area contributed by atoms with Crippen molar-refractivity contribution in [2.45, 2.75) is 37.7 Å². The van der Waals surface area contributed by atoms with Crippen LogP contribution in [-0.2, 0) is 0 Å². The van der Waals surface area contributed by atoms with Crippen LogP contribution in [-0.4, -0.2) is 30.3 Å². The lowest BCUT2D eigenvalue weighted by Crippen LogP contribution is -2.37. The molecule has 108 valence electrons. The van der Waals surface area contributed by atoms with E-state index in [1.807, 2.05) is 0 Å². The molecule has 1 saturated heterocycles. The lowest BCUT2D eigenvalue weighted by atomic mass is 10.0. The molecule has 4 nitrogen and oxygen atoms in total. The predicted octanol–water partition coefficient (Wildman–Crippen LogP) is 2.53. The number of piperidine rings is 1. The number of carbonyl (C=O) groups is 1. The molecular formula is C15H18FNO3. The smallest absolute Gasteiger partial charge is 0.335 e. The zero-order valence-electron chi connectivity index (χ0n) is 11.2. The largest absolute Gasteiger partial charge is 0.486 e. The van der Waals surface area contributed by atoms with E-state index in [1.165, 1.54) is 0 Å². The fraction of sp³-hybridized carbons (Fsp3) is 0.533. The Hall–Kier alpha value is -1.62. The van der Waals surface area contributed by atoms with Gasteiger partial charge in [-0.3, -0.25) is 0 Å². The van der Waals surface area contributed by atoms with Crippen LogP contribution < -0.4 is 10.1 Å². The molecule has 20 heavy (non-hydrogen) atoms. The van der Waals surface area contributed by atoms with Gasteiger partial charge in [-0.25, -0.2) is 9.18 Å². The molecule has 1 aromatic carbocycles. The second-order valence-electron chi connectivity index (χ2n) is 5.54. The normalized spacial score (nSPS) is 22.6. The Balaban J connectivity index is 1.89. The summed E-state index contributed by atoms with van der Waals surface area (Å²) in [6.45, 7) is 1.68. The monoisotopic (exact) mass is 279 g/mol. The summed E-state index contributed by atoms with van der Waals surface area (Å²) in [6.07, 6.45) is 3.82. The summed E-state index contributed by atoms with van der Waals surface area (Å²) in [5.41, 5.74) is 0.714. The standard InChI is InChI=1S/C15H18FNO3/c16-13-7-10(15(18)19)6-12(9-3-4-9)14(13)20-11-2-1-5-17-8-11/h6-7,9,11,17H,1-5,8H2,(H,18,19)/t11-/m1/s1. The second-order valence-corrected chi connectivity index (χ2v) is 5.54. The van der Waals surface area contributed by atoms with Crippen LogP contribution in [0.4, 0.5) is 4.39 Å². The molecule has 1 aromatic rings. The molecule has 2 aliphatic rings. The van der Waals surface area contributed by atoms with Crippen molar-refractivity contribution in [1.29, 1.82) is 0 Å². The number of ether oxygens (including phenoxy) is 1. The quantitative estimate of drug-likeness (QED) is 0.889. The predicted molar refractivity (Wildman–Crippen MR) is 71.9 cm³/mol. The van der Waals surface area contributed by atoms with Crippen LogP contribution in [0.15, 0.2) is 12.1 Å². The van der Waals surface area contributed by atoms with Crippen molar-refractivity contribution in [3.63, 3.8) is 0 Å². The highest BCUT2D eigenvalue weighted by Crippen LogP contribution is 2.46. The first kappa shape index (κ1) is 13.4. The number of aromatic carboxylic acids is 1. The molecule has 0 spiro atoms. The fourth-order valence-electron chi connectivity index (χ4n) is 2.65. The molecule has 0 amide bonds. The third kappa shape index (κ3) is 2.77. The Bertz CT molecular complexity index is 522. The average Bonchev–Trinajstić information content (AvgIpc) is 3.26. The minimum atomic E-state index is -1.10. The summed E-state index contributed by atoms with van der Waals surface area (Å²) in [4.78, 5) is 11.0. The first-order chi connectivity index (χ1) is 9.65. The van der Waals surface area contributed by atoms with Gasteiger partial charge < -0.3 is 15.2 Å². The van der Waals surface area contributed by atoms with E-state index in [-0.39, 0.29) is 23.3 Å². The zero-order chi connectivity index (χ0) is 14.1. The molecule has 0 unspecified atom stereocenters. The highest BCUT2D eigenvalue weighted by atomic mass is 19.1. The van der Waals surface area contributed by atoms with Gasteiger partial charge in [-0.05, 0) is 50.3 Å². The molecule has 1 aliphatic carbocycles. The molecule has 1 saturated carbocycles. The van der Waals surface area contributed by atoms with Gasteiger partial charge in [0.1, 0.15) is 6.10 Å². The topological polar surface area (TPSA) is 58.6 Å². The second kappa shape index (κ2) is 5.40. The van der Waals surface area contributed by atoms with E-state index in [0.29, 0.717) is 12.1 Å². The molecular weight excluding hydrogens is 261 g/mol. The number of rotatable bonds is 4. The zero-order valence-corrected chi connectivity index (χ0v) is 11.2. The molecule has 3 rings (SSSR count). The van der Waals surface area contributed by atoms with Gasteiger partial charge in [-0.2, -0.15) is 0 Å². The number of halogens is 1. The fourth-order valence-corrected chi connectivity index (χ4v) is 2.65. The summed E-state index contributed by atoms with van der Waals surface area (Å²) in [7, 11) is 0. The van der Waals surface area contributed by atoms with Crippen molar-refractivity contribution in [2.75, 3.05) is 13.1 Å². The number of hydrogen-bond acceptors (Lipinski definition) is 3. The van der Waals surface area contributed by atoms with Crippen LogP contribution >= 0.6 is 0 Å². The van der Waals surface area contributed by atoms with Gasteiger partial charge in [0.25, 0.3) is 0 Å². The number of carboxylic acid groups (broad SMARTS) is 1. The molecule has 1 heterocycles. The molecule has 0 aromatic heterocycles. The summed E-state index contributed by atoms with van der Waals surface area (Å²) in [5.74, 6) is -1.16. The van der Waals surface area contributed by atoms with Crippen LogP contribution in [0.3, 0.4) is 0 Å². The summed E-state index contributed by atoms with van der Waals surface area (Å²) in [6, 6.07) is 2.62. The van der Waals surface area contributed by atoms with Gasteiger partial charge >= 0.3 is 5.97 Å². The van der Waals surface area contributed by atoms with Crippen molar-refractivity contribution in [3.8, 4) is 5.75 Å². The molecule has 2 fully saturated rings. The molecule has 1 aliphatic heterocycles.